The largest absolute Gasteiger partial charge is 0.497 e. The van der Waals surface area contributed by atoms with Gasteiger partial charge in [0.05, 0.1) is 26.5 Å². The molecule has 0 aliphatic rings. The smallest absolute Gasteiger partial charge is 0.216 e. The fraction of sp³-hybridized carbons (Fsp3) is 0.524. The Morgan fingerprint density at radius 1 is 1.17 bits per heavy atom. The van der Waals surface area contributed by atoms with Crippen molar-refractivity contribution in [2.75, 3.05) is 27.3 Å². The van der Waals surface area contributed by atoms with Crippen LogP contribution in [0.2, 0.25) is 0 Å². The molecule has 1 heterocycles. The third-order valence-corrected chi connectivity index (χ3v) is 4.23. The van der Waals surface area contributed by atoms with Gasteiger partial charge in [0.25, 0.3) is 0 Å². The molecule has 1 unspecified atom stereocenters. The molecule has 1 atom stereocenters. The number of nitrogens with one attached hydrogen (secondary N) is 2. The molecule has 8 heteroatoms. The fourth-order valence-corrected chi connectivity index (χ4v) is 2.55. The molecule has 1 aromatic carbocycles. The number of rotatable bonds is 8. The first kappa shape index (κ1) is 22.5. The zero-order valence-electron chi connectivity index (χ0n) is 18.1. The average molecular weight is 405 g/mol. The van der Waals surface area contributed by atoms with Crippen LogP contribution < -0.4 is 20.1 Å². The van der Waals surface area contributed by atoms with E-state index in [2.05, 4.69) is 41.4 Å². The van der Waals surface area contributed by atoms with Crippen LogP contribution in [0, 0.1) is 0 Å². The van der Waals surface area contributed by atoms with Gasteiger partial charge in [-0.2, -0.15) is 0 Å². The van der Waals surface area contributed by atoms with E-state index in [0.29, 0.717) is 42.0 Å². The third kappa shape index (κ3) is 6.67. The molecule has 0 saturated carbocycles. The molecule has 3 N–H and O–H groups in total. The predicted octanol–water partition coefficient (Wildman–Crippen LogP) is 2.78. The van der Waals surface area contributed by atoms with E-state index < -0.39 is 6.10 Å². The lowest BCUT2D eigenvalue weighted by Gasteiger charge is -2.17. The Labute approximate surface area is 172 Å². The number of hydrogen-bond donors (Lipinski definition) is 3. The number of methoxy groups -OCH3 is 2. The Bertz CT molecular complexity index is 789. The lowest BCUT2D eigenvalue weighted by atomic mass is 9.94. The zero-order chi connectivity index (χ0) is 21.4. The molecule has 2 rings (SSSR count). The average Bonchev–Trinajstić information content (AvgIpc) is 3.19. The first-order chi connectivity index (χ1) is 13.8. The van der Waals surface area contributed by atoms with Crippen molar-refractivity contribution in [3.8, 4) is 11.5 Å². The second kappa shape index (κ2) is 10.2. The molecule has 2 aromatic rings. The highest BCUT2D eigenvalue weighted by atomic mass is 16.5. The van der Waals surface area contributed by atoms with Gasteiger partial charge in [0, 0.05) is 24.6 Å². The van der Waals surface area contributed by atoms with Crippen LogP contribution in [0.5, 0.6) is 11.5 Å². The van der Waals surface area contributed by atoms with Crippen LogP contribution in [-0.2, 0) is 12.0 Å². The summed E-state index contributed by atoms with van der Waals surface area (Å²) in [5, 5.41) is 16.9. The van der Waals surface area contributed by atoms with Crippen molar-refractivity contribution in [1.29, 1.82) is 0 Å². The van der Waals surface area contributed by atoms with Crippen LogP contribution in [0.3, 0.4) is 0 Å². The number of guanidine groups is 1. The van der Waals surface area contributed by atoms with Crippen molar-refractivity contribution in [2.24, 2.45) is 4.99 Å². The molecule has 0 bridgehead atoms. The van der Waals surface area contributed by atoms with Crippen molar-refractivity contribution in [3.63, 3.8) is 0 Å². The molecule has 0 amide bonds. The van der Waals surface area contributed by atoms with Gasteiger partial charge in [0.2, 0.25) is 5.89 Å². The maximum absolute atomic E-state index is 10.6. The Morgan fingerprint density at radius 3 is 2.34 bits per heavy atom. The first-order valence-corrected chi connectivity index (χ1v) is 9.65. The molecule has 0 saturated heterocycles. The molecule has 0 aliphatic carbocycles. The van der Waals surface area contributed by atoms with E-state index in [0.717, 1.165) is 5.76 Å². The Morgan fingerprint density at radius 2 is 1.83 bits per heavy atom. The highest BCUT2D eigenvalue weighted by molar-refractivity contribution is 5.79. The first-order valence-electron chi connectivity index (χ1n) is 9.65. The van der Waals surface area contributed by atoms with Gasteiger partial charge in [-0.1, -0.05) is 20.8 Å². The minimum atomic E-state index is -0.767. The minimum Gasteiger partial charge on any atom is -0.497 e. The molecule has 29 heavy (non-hydrogen) atoms. The van der Waals surface area contributed by atoms with Crippen LogP contribution >= 0.6 is 0 Å². The van der Waals surface area contributed by atoms with E-state index in [1.165, 1.54) is 0 Å². The normalized spacial score (nSPS) is 13.1. The summed E-state index contributed by atoms with van der Waals surface area (Å²) in [6.45, 7) is 9.44. The molecule has 0 fully saturated rings. The maximum atomic E-state index is 10.6. The quantitative estimate of drug-likeness (QED) is 0.459. The SMILES string of the molecule is CCNC(=NCc1ncc(C(C)(C)C)o1)NCC(O)c1cc(OC)cc(OC)c1. The summed E-state index contributed by atoms with van der Waals surface area (Å²) in [5.74, 6) is 3.18. The van der Waals surface area contributed by atoms with E-state index in [4.69, 9.17) is 13.9 Å². The summed E-state index contributed by atoms with van der Waals surface area (Å²) >= 11 is 0. The Kier molecular flexibility index (Phi) is 7.90. The fourth-order valence-electron chi connectivity index (χ4n) is 2.55. The lowest BCUT2D eigenvalue weighted by Crippen LogP contribution is -2.39. The van der Waals surface area contributed by atoms with E-state index in [1.54, 1.807) is 38.6 Å². The molecular weight excluding hydrogens is 372 g/mol. The summed E-state index contributed by atoms with van der Waals surface area (Å²) < 4.78 is 16.3. The van der Waals surface area contributed by atoms with Gasteiger partial charge in [0.1, 0.15) is 23.8 Å². The highest BCUT2D eigenvalue weighted by Gasteiger charge is 2.19. The van der Waals surface area contributed by atoms with Crippen molar-refractivity contribution in [3.05, 3.63) is 41.6 Å². The molecule has 160 valence electrons. The van der Waals surface area contributed by atoms with Gasteiger partial charge < -0.3 is 29.6 Å². The van der Waals surface area contributed by atoms with Gasteiger partial charge in [-0.05, 0) is 24.6 Å². The van der Waals surface area contributed by atoms with Crippen LogP contribution in [-0.4, -0.2) is 43.4 Å². The van der Waals surface area contributed by atoms with Gasteiger partial charge in [-0.25, -0.2) is 9.98 Å². The standard InChI is InChI=1S/C21H32N4O4/c1-7-22-20(25-13-19-23-12-18(29-19)21(2,3)4)24-11-17(26)14-8-15(27-5)10-16(9-14)28-6/h8-10,12,17,26H,7,11,13H2,1-6H3,(H2,22,24,25). The molecule has 0 spiro atoms. The summed E-state index contributed by atoms with van der Waals surface area (Å²) in [5.41, 5.74) is 0.590. The number of aliphatic hydroxyl groups is 1. The summed E-state index contributed by atoms with van der Waals surface area (Å²) in [4.78, 5) is 8.78. The molecule has 1 aromatic heterocycles. The third-order valence-electron chi connectivity index (χ3n) is 4.23. The van der Waals surface area contributed by atoms with E-state index in [9.17, 15) is 5.11 Å². The van der Waals surface area contributed by atoms with E-state index in [1.807, 2.05) is 6.92 Å². The second-order valence-corrected chi connectivity index (χ2v) is 7.61. The number of aromatic nitrogens is 1. The maximum Gasteiger partial charge on any atom is 0.216 e. The predicted molar refractivity (Wildman–Crippen MR) is 113 cm³/mol. The number of hydrogen-bond acceptors (Lipinski definition) is 6. The van der Waals surface area contributed by atoms with Crippen LogP contribution in [0.25, 0.3) is 0 Å². The van der Waals surface area contributed by atoms with Gasteiger partial charge in [-0.3, -0.25) is 0 Å². The van der Waals surface area contributed by atoms with E-state index >= 15 is 0 Å². The van der Waals surface area contributed by atoms with E-state index in [-0.39, 0.29) is 12.0 Å². The van der Waals surface area contributed by atoms with Gasteiger partial charge in [0.15, 0.2) is 5.96 Å². The van der Waals surface area contributed by atoms with Crippen molar-refractivity contribution in [2.45, 2.75) is 45.8 Å². The van der Waals surface area contributed by atoms with Crippen LogP contribution in [0.4, 0.5) is 0 Å². The number of aliphatic hydroxyl groups excluding tert-OH is 1. The number of oxazole rings is 1. The second-order valence-electron chi connectivity index (χ2n) is 7.61. The molecular formula is C21H32N4O4. The number of ether oxygens (including phenoxy) is 2. The Hall–Kier alpha value is -2.74. The summed E-state index contributed by atoms with van der Waals surface area (Å²) in [6, 6.07) is 5.32. The number of benzene rings is 1. The van der Waals surface area contributed by atoms with Crippen molar-refractivity contribution < 1.29 is 19.0 Å². The number of aliphatic imine (C=N–C) groups is 1. The summed E-state index contributed by atoms with van der Waals surface area (Å²) in [7, 11) is 3.15. The molecule has 0 radical (unpaired) electrons. The number of nitrogens with zero attached hydrogens (tertiary/aromatic N) is 2. The molecule has 8 nitrogen and oxygen atoms in total. The minimum absolute atomic E-state index is 0.0976. The highest BCUT2D eigenvalue weighted by Crippen LogP contribution is 2.26. The summed E-state index contributed by atoms with van der Waals surface area (Å²) in [6.07, 6.45) is 0.975. The monoisotopic (exact) mass is 404 g/mol. The van der Waals surface area contributed by atoms with Crippen LogP contribution in [0.1, 0.15) is 51.0 Å². The van der Waals surface area contributed by atoms with Gasteiger partial charge in [-0.15, -0.1) is 0 Å². The zero-order valence-corrected chi connectivity index (χ0v) is 18.1. The Balaban J connectivity index is 2.03. The van der Waals surface area contributed by atoms with Crippen molar-refractivity contribution >= 4 is 5.96 Å². The van der Waals surface area contributed by atoms with Crippen molar-refractivity contribution in [1.82, 2.24) is 15.6 Å². The van der Waals surface area contributed by atoms with Gasteiger partial charge >= 0.3 is 0 Å². The van der Waals surface area contributed by atoms with Crippen LogP contribution in [0.15, 0.2) is 33.8 Å². The topological polar surface area (TPSA) is 101 Å². The lowest BCUT2D eigenvalue weighted by molar-refractivity contribution is 0.180. The molecule has 0 aliphatic heterocycles.